The predicted molar refractivity (Wildman–Crippen MR) is 124 cm³/mol. The third-order valence-corrected chi connectivity index (χ3v) is 5.60. The monoisotopic (exact) mass is 408 g/mol. The first kappa shape index (κ1) is 23.0. The second kappa shape index (κ2) is 9.93. The van der Waals surface area contributed by atoms with Crippen LogP contribution in [-0.2, 0) is 18.0 Å². The van der Waals surface area contributed by atoms with Crippen molar-refractivity contribution in [1.82, 2.24) is 0 Å². The van der Waals surface area contributed by atoms with E-state index in [4.69, 9.17) is 12.6 Å². The molecule has 0 amide bonds. The van der Waals surface area contributed by atoms with Crippen LogP contribution < -0.4 is 4.57 Å². The Kier molecular flexibility index (Phi) is 7.86. The minimum Gasteiger partial charge on any atom is -0.758 e. The van der Waals surface area contributed by atoms with Crippen molar-refractivity contribution >= 4 is 23.5 Å². The number of carbonyl (C=O) groups excluding carboxylic acids is 1. The van der Waals surface area contributed by atoms with Crippen molar-refractivity contribution in [2.75, 3.05) is 6.54 Å². The Morgan fingerprint density at radius 3 is 2.24 bits per heavy atom. The molecule has 1 aromatic carbocycles. The third-order valence-electron chi connectivity index (χ3n) is 5.25. The maximum absolute atomic E-state index is 13.4. The van der Waals surface area contributed by atoms with Gasteiger partial charge in [-0.15, -0.1) is 6.58 Å². The van der Waals surface area contributed by atoms with Crippen LogP contribution in [-0.4, -0.2) is 17.4 Å². The highest BCUT2D eigenvalue weighted by atomic mass is 32.1. The largest absolute Gasteiger partial charge is 0.758 e. The number of pyridine rings is 1. The van der Waals surface area contributed by atoms with Crippen molar-refractivity contribution in [2.24, 2.45) is 4.99 Å². The van der Waals surface area contributed by atoms with Crippen molar-refractivity contribution in [3.8, 4) is 0 Å². The minimum absolute atomic E-state index is 0.0398. The molecule has 0 saturated carbocycles. The molecule has 0 spiro atoms. The Hall–Kier alpha value is -2.33. The molecule has 2 rings (SSSR count). The van der Waals surface area contributed by atoms with Gasteiger partial charge in [0.1, 0.15) is 0 Å². The lowest BCUT2D eigenvalue weighted by atomic mass is 9.88. The molecule has 154 valence electrons. The second-order valence-corrected chi connectivity index (χ2v) is 8.87. The number of aromatic nitrogens is 1. The first-order valence-electron chi connectivity index (χ1n) is 10.2. The number of hydrogen-bond acceptors (Lipinski definition) is 3. The molecule has 2 aromatic rings. The van der Waals surface area contributed by atoms with Crippen LogP contribution in [0.3, 0.4) is 0 Å². The highest BCUT2D eigenvalue weighted by Gasteiger charge is 2.29. The summed E-state index contributed by atoms with van der Waals surface area (Å²) < 4.78 is 1.86. The third kappa shape index (κ3) is 5.83. The zero-order valence-corrected chi connectivity index (χ0v) is 19.0. The Labute approximate surface area is 181 Å². The number of Topliss-reactive ketones (excluding diaryl/α,β-unsaturated/α-hetero) is 1. The lowest BCUT2D eigenvalue weighted by Gasteiger charge is -2.21. The standard InChI is InChI=1S/C25H32N2OS/c1-7-15-26-24(29)22(27-16-13-21(14-17-27)25(4,5)6)23(28)20-11-9-19(10-12-20)18(3)8-2/h7,9-14,16-18,22H,1,8,15H2,2-6H3/t18-,22-/m1/s1. The van der Waals surface area contributed by atoms with Gasteiger partial charge in [0.15, 0.2) is 12.4 Å². The topological polar surface area (TPSA) is 33.3 Å². The summed E-state index contributed by atoms with van der Waals surface area (Å²) in [7, 11) is 0. The molecule has 0 radical (unpaired) electrons. The van der Waals surface area contributed by atoms with Crippen molar-refractivity contribution in [1.29, 1.82) is 0 Å². The van der Waals surface area contributed by atoms with Gasteiger partial charge in [-0.25, -0.2) is 0 Å². The molecule has 1 aromatic heterocycles. The molecule has 29 heavy (non-hydrogen) atoms. The Bertz CT molecular complexity index is 861. The normalized spacial score (nSPS) is 14.3. The average molecular weight is 409 g/mol. The number of ketones is 1. The van der Waals surface area contributed by atoms with Crippen molar-refractivity contribution < 1.29 is 9.36 Å². The molecule has 4 heteroatoms. The number of carbonyl (C=O) groups is 1. The van der Waals surface area contributed by atoms with E-state index in [9.17, 15) is 4.79 Å². The lowest BCUT2D eigenvalue weighted by molar-refractivity contribution is -0.692. The zero-order valence-electron chi connectivity index (χ0n) is 18.2. The second-order valence-electron chi connectivity index (χ2n) is 8.45. The summed E-state index contributed by atoms with van der Waals surface area (Å²) in [5.41, 5.74) is 3.12. The molecule has 0 aliphatic carbocycles. The summed E-state index contributed by atoms with van der Waals surface area (Å²) in [4.78, 5) is 17.8. The maximum Gasteiger partial charge on any atom is 0.237 e. The highest BCUT2D eigenvalue weighted by Crippen LogP contribution is 2.22. The van der Waals surface area contributed by atoms with Crippen molar-refractivity contribution in [3.05, 3.63) is 78.1 Å². The number of hydrogen-bond donors (Lipinski definition) is 0. The number of benzene rings is 1. The predicted octanol–water partition coefficient (Wildman–Crippen LogP) is 5.34. The van der Waals surface area contributed by atoms with Gasteiger partial charge >= 0.3 is 0 Å². The number of aliphatic imine (C=N–C) groups is 1. The molecule has 0 bridgehead atoms. The molecule has 3 nitrogen and oxygen atoms in total. The molecule has 0 aliphatic rings. The summed E-state index contributed by atoms with van der Waals surface area (Å²) in [5.74, 6) is 0.421. The van der Waals surface area contributed by atoms with Crippen molar-refractivity contribution in [3.63, 3.8) is 0 Å². The van der Waals surface area contributed by atoms with E-state index in [1.165, 1.54) is 11.1 Å². The summed E-state index contributed by atoms with van der Waals surface area (Å²) in [6.45, 7) is 14.9. The SMILES string of the molecule is C=CCN=C([S-])[C@@H](C(=O)c1ccc([C@H](C)CC)cc1)[n+]1ccc(C(C)(C)C)cc1. The molecule has 2 atom stereocenters. The summed E-state index contributed by atoms with van der Waals surface area (Å²) in [5, 5.41) is 0.370. The molecular weight excluding hydrogens is 376 g/mol. The Morgan fingerprint density at radius 2 is 1.76 bits per heavy atom. The van der Waals surface area contributed by atoms with Gasteiger partial charge < -0.3 is 17.6 Å². The van der Waals surface area contributed by atoms with Gasteiger partial charge in [-0.1, -0.05) is 65.0 Å². The molecule has 0 fully saturated rings. The molecule has 0 aliphatic heterocycles. The van der Waals surface area contributed by atoms with Crippen LogP contribution in [0.4, 0.5) is 0 Å². The summed E-state index contributed by atoms with van der Waals surface area (Å²) >= 11 is 5.54. The Balaban J connectivity index is 2.42. The fourth-order valence-corrected chi connectivity index (χ4v) is 3.40. The van der Waals surface area contributed by atoms with Crippen LogP contribution in [0.1, 0.15) is 74.5 Å². The van der Waals surface area contributed by atoms with Gasteiger partial charge in [-0.05, 0) is 33.9 Å². The van der Waals surface area contributed by atoms with E-state index in [-0.39, 0.29) is 11.2 Å². The van der Waals surface area contributed by atoms with Crippen LogP contribution in [0.15, 0.2) is 66.4 Å². The molecule has 0 unspecified atom stereocenters. The van der Waals surface area contributed by atoms with Gasteiger partial charge in [-0.3, -0.25) is 4.79 Å². The van der Waals surface area contributed by atoms with E-state index < -0.39 is 6.04 Å². The van der Waals surface area contributed by atoms with Gasteiger partial charge in [0.05, 0.1) is 6.54 Å². The molecular formula is C25H32N2OS. The zero-order chi connectivity index (χ0) is 21.6. The fourth-order valence-electron chi connectivity index (χ4n) is 3.10. The smallest absolute Gasteiger partial charge is 0.237 e. The van der Waals surface area contributed by atoms with E-state index in [0.29, 0.717) is 23.1 Å². The van der Waals surface area contributed by atoms with Crippen LogP contribution in [0.2, 0.25) is 0 Å². The van der Waals surface area contributed by atoms with Crippen LogP contribution in [0.5, 0.6) is 0 Å². The quantitative estimate of drug-likeness (QED) is 0.147. The molecule has 0 N–H and O–H groups in total. The van der Waals surface area contributed by atoms with Gasteiger partial charge in [0, 0.05) is 17.7 Å². The van der Waals surface area contributed by atoms with E-state index in [1.807, 2.05) is 53.4 Å². The maximum atomic E-state index is 13.4. The van der Waals surface area contributed by atoms with Crippen molar-refractivity contribution in [2.45, 2.75) is 58.4 Å². The molecule has 1 heterocycles. The fraction of sp³-hybridized carbons (Fsp3) is 0.400. The van der Waals surface area contributed by atoms with Gasteiger partial charge in [0.25, 0.3) is 0 Å². The van der Waals surface area contributed by atoms with Crippen LogP contribution in [0.25, 0.3) is 0 Å². The summed E-state index contributed by atoms with van der Waals surface area (Å²) in [6.07, 6.45) is 6.59. The van der Waals surface area contributed by atoms with E-state index in [2.05, 4.69) is 46.2 Å². The average Bonchev–Trinajstić information content (AvgIpc) is 2.71. The first-order valence-corrected chi connectivity index (χ1v) is 10.6. The van der Waals surface area contributed by atoms with Crippen LogP contribution in [0, 0.1) is 0 Å². The lowest BCUT2D eigenvalue weighted by Crippen LogP contribution is -2.48. The van der Waals surface area contributed by atoms with E-state index >= 15 is 0 Å². The summed E-state index contributed by atoms with van der Waals surface area (Å²) in [6, 6.07) is 11.3. The number of rotatable bonds is 8. The van der Waals surface area contributed by atoms with Crippen LogP contribution >= 0.6 is 0 Å². The van der Waals surface area contributed by atoms with E-state index in [0.717, 1.165) is 6.42 Å². The minimum atomic E-state index is -0.645. The Morgan fingerprint density at radius 1 is 1.17 bits per heavy atom. The van der Waals surface area contributed by atoms with E-state index in [1.54, 1.807) is 6.08 Å². The first-order chi connectivity index (χ1) is 13.7. The van der Waals surface area contributed by atoms with Gasteiger partial charge in [-0.2, -0.15) is 4.57 Å². The molecule has 0 saturated heterocycles. The van der Waals surface area contributed by atoms with Gasteiger partial charge in [0.2, 0.25) is 11.8 Å². The highest BCUT2D eigenvalue weighted by molar-refractivity contribution is 7.77. The number of nitrogens with zero attached hydrogens (tertiary/aromatic N) is 2.